The van der Waals surface area contributed by atoms with E-state index in [4.69, 9.17) is 23.2 Å². The zero-order chi connectivity index (χ0) is 13.4. The highest BCUT2D eigenvalue weighted by Gasteiger charge is 2.03. The van der Waals surface area contributed by atoms with Gasteiger partial charge in [0.1, 0.15) is 13.1 Å². The third kappa shape index (κ3) is 7.02. The lowest BCUT2D eigenvalue weighted by molar-refractivity contribution is -0.901. The first-order valence-electron chi connectivity index (χ1n) is 5.95. The van der Waals surface area contributed by atoms with Crippen LogP contribution in [0, 0.1) is 0 Å². The van der Waals surface area contributed by atoms with E-state index in [1.54, 1.807) is 0 Å². The zero-order valence-corrected chi connectivity index (χ0v) is 13.5. The Hall–Kier alpha value is -0.480. The summed E-state index contributed by atoms with van der Waals surface area (Å²) in [7, 11) is 4.05. The summed E-state index contributed by atoms with van der Waals surface area (Å²) < 4.78 is 0. The first kappa shape index (κ1) is 18.5. The van der Waals surface area contributed by atoms with Crippen LogP contribution in [0.15, 0.2) is 29.4 Å². The van der Waals surface area contributed by atoms with Gasteiger partial charge in [-0.05, 0) is 17.7 Å². The number of anilines is 1. The highest BCUT2D eigenvalue weighted by atomic mass is 35.5. The van der Waals surface area contributed by atoms with Crippen molar-refractivity contribution in [3.8, 4) is 0 Å². The maximum absolute atomic E-state index is 5.73. The molecule has 0 aliphatic carbocycles. The Morgan fingerprint density at radius 2 is 1.63 bits per heavy atom. The molecule has 19 heavy (non-hydrogen) atoms. The average molecular weight is 325 g/mol. The van der Waals surface area contributed by atoms with Gasteiger partial charge in [-0.3, -0.25) is 0 Å². The lowest BCUT2D eigenvalue weighted by Gasteiger charge is -2.12. The van der Waals surface area contributed by atoms with Crippen LogP contribution in [0.3, 0.4) is 0 Å². The van der Waals surface area contributed by atoms with Crippen LogP contribution in [0.25, 0.3) is 0 Å². The predicted molar refractivity (Wildman–Crippen MR) is 80.5 cm³/mol. The molecule has 0 aromatic heterocycles. The van der Waals surface area contributed by atoms with Gasteiger partial charge in [0.2, 0.25) is 0 Å². The minimum atomic E-state index is 0. The topological polar surface area (TPSA) is 20.0 Å². The second-order valence-electron chi connectivity index (χ2n) is 4.19. The minimum absolute atomic E-state index is 0. The fourth-order valence-electron chi connectivity index (χ4n) is 1.50. The largest absolute Gasteiger partial charge is 1.00 e. The van der Waals surface area contributed by atoms with Crippen molar-refractivity contribution in [3.05, 3.63) is 29.8 Å². The lowest BCUT2D eigenvalue weighted by atomic mass is 10.2. The standard InChI is InChI=1S/C13H19Cl2N3.ClH/c1-17(2)13-5-3-12(4-6-13)11-16-18(9-7-14)10-8-15;/h3-6,11H,7-10H2,1-2H3;1H/b16-11+;. The Morgan fingerprint density at radius 3 is 2.05 bits per heavy atom. The smallest absolute Gasteiger partial charge is 0.115 e. The molecule has 0 aliphatic heterocycles. The van der Waals surface area contributed by atoms with Crippen LogP contribution in [-0.2, 0) is 0 Å². The molecule has 1 rings (SSSR count). The molecular formula is C13H20Cl3N3. The van der Waals surface area contributed by atoms with Gasteiger partial charge in [-0.25, -0.2) is 5.01 Å². The molecule has 0 spiro atoms. The zero-order valence-electron chi connectivity index (χ0n) is 11.2. The SMILES string of the molecule is CN(C)c1ccc(/C=N/[NH+](CCCl)CCCl)cc1.[Cl-]. The van der Waals surface area contributed by atoms with E-state index in [0.717, 1.165) is 23.7 Å². The van der Waals surface area contributed by atoms with Crippen LogP contribution >= 0.6 is 23.2 Å². The van der Waals surface area contributed by atoms with Gasteiger partial charge < -0.3 is 17.3 Å². The maximum Gasteiger partial charge on any atom is 0.115 e. The predicted octanol–water partition coefficient (Wildman–Crippen LogP) is -1.55. The molecule has 0 unspecified atom stereocenters. The molecule has 0 radical (unpaired) electrons. The summed E-state index contributed by atoms with van der Waals surface area (Å²) in [6.45, 7) is 1.58. The van der Waals surface area contributed by atoms with Gasteiger partial charge in [0.15, 0.2) is 0 Å². The summed E-state index contributed by atoms with van der Waals surface area (Å²) in [5.41, 5.74) is 2.26. The molecule has 0 atom stereocenters. The van der Waals surface area contributed by atoms with E-state index < -0.39 is 0 Å². The molecule has 1 aromatic rings. The van der Waals surface area contributed by atoms with Crippen molar-refractivity contribution in [2.75, 3.05) is 43.8 Å². The van der Waals surface area contributed by atoms with E-state index in [1.807, 2.05) is 20.3 Å². The number of halogens is 3. The monoisotopic (exact) mass is 323 g/mol. The molecule has 1 aromatic carbocycles. The normalized spacial score (nSPS) is 10.8. The van der Waals surface area contributed by atoms with Gasteiger partial charge in [0.05, 0.1) is 18.0 Å². The van der Waals surface area contributed by atoms with Crippen LogP contribution in [0.4, 0.5) is 5.69 Å². The van der Waals surface area contributed by atoms with Crippen LogP contribution in [0.5, 0.6) is 0 Å². The van der Waals surface area contributed by atoms with Crippen molar-refractivity contribution in [1.82, 2.24) is 0 Å². The second kappa shape index (κ2) is 10.3. The molecule has 3 nitrogen and oxygen atoms in total. The summed E-state index contributed by atoms with van der Waals surface area (Å²) in [4.78, 5) is 2.07. The Morgan fingerprint density at radius 1 is 1.11 bits per heavy atom. The van der Waals surface area contributed by atoms with Gasteiger partial charge in [0, 0.05) is 19.8 Å². The number of benzene rings is 1. The molecule has 108 valence electrons. The summed E-state index contributed by atoms with van der Waals surface area (Å²) in [5, 5.41) is 5.51. The third-order valence-corrected chi connectivity index (χ3v) is 2.95. The van der Waals surface area contributed by atoms with Gasteiger partial charge >= 0.3 is 0 Å². The van der Waals surface area contributed by atoms with E-state index in [-0.39, 0.29) is 12.4 Å². The number of nitrogens with zero attached hydrogens (tertiary/aromatic N) is 2. The highest BCUT2D eigenvalue weighted by molar-refractivity contribution is 6.18. The molecule has 0 amide bonds. The van der Waals surface area contributed by atoms with Crippen LogP contribution in [0.2, 0.25) is 0 Å². The van der Waals surface area contributed by atoms with Crippen molar-refractivity contribution in [2.24, 2.45) is 5.10 Å². The first-order chi connectivity index (χ1) is 8.67. The second-order valence-corrected chi connectivity index (χ2v) is 4.94. The number of rotatable bonds is 7. The Labute approximate surface area is 131 Å². The fourth-order valence-corrected chi connectivity index (χ4v) is 1.93. The van der Waals surface area contributed by atoms with Crippen LogP contribution in [0.1, 0.15) is 5.56 Å². The Bertz CT molecular complexity index is 360. The number of quaternary nitrogens is 1. The van der Waals surface area contributed by atoms with E-state index in [2.05, 4.69) is 34.3 Å². The molecule has 0 fully saturated rings. The quantitative estimate of drug-likeness (QED) is 0.366. The van der Waals surface area contributed by atoms with E-state index in [1.165, 1.54) is 5.69 Å². The summed E-state index contributed by atoms with van der Waals surface area (Å²) >= 11 is 11.5. The van der Waals surface area contributed by atoms with Crippen molar-refractivity contribution in [2.45, 2.75) is 0 Å². The van der Waals surface area contributed by atoms with Gasteiger partial charge in [-0.2, -0.15) is 0 Å². The first-order valence-corrected chi connectivity index (χ1v) is 7.02. The molecule has 0 saturated heterocycles. The van der Waals surface area contributed by atoms with Crippen molar-refractivity contribution < 1.29 is 17.4 Å². The molecule has 0 aliphatic rings. The Balaban J connectivity index is 0.00000324. The number of alkyl halides is 2. The molecule has 0 heterocycles. The Kier molecular flexibility index (Phi) is 10.1. The third-order valence-electron chi connectivity index (χ3n) is 2.57. The van der Waals surface area contributed by atoms with E-state index in [9.17, 15) is 0 Å². The average Bonchev–Trinajstić information content (AvgIpc) is 2.37. The molecule has 1 N–H and O–H groups in total. The molecular weight excluding hydrogens is 305 g/mol. The molecule has 0 saturated carbocycles. The van der Waals surface area contributed by atoms with Crippen LogP contribution in [-0.4, -0.2) is 45.2 Å². The lowest BCUT2D eigenvalue weighted by Crippen LogP contribution is -3.08. The van der Waals surface area contributed by atoms with Crippen LogP contribution < -0.4 is 22.3 Å². The van der Waals surface area contributed by atoms with Crippen molar-refractivity contribution in [3.63, 3.8) is 0 Å². The highest BCUT2D eigenvalue weighted by Crippen LogP contribution is 2.10. The molecule has 6 heteroatoms. The minimum Gasteiger partial charge on any atom is -1.00 e. The number of hydrogen-bond donors (Lipinski definition) is 1. The van der Waals surface area contributed by atoms with Crippen molar-refractivity contribution in [1.29, 1.82) is 0 Å². The summed E-state index contributed by atoms with van der Waals surface area (Å²) in [5.74, 6) is 1.17. The summed E-state index contributed by atoms with van der Waals surface area (Å²) in [6, 6.07) is 8.25. The number of nitrogens with one attached hydrogen (secondary N) is 1. The molecule has 0 bridgehead atoms. The van der Waals surface area contributed by atoms with Gasteiger partial charge in [-0.1, -0.05) is 17.2 Å². The summed E-state index contributed by atoms with van der Waals surface area (Å²) in [6.07, 6.45) is 1.87. The van der Waals surface area contributed by atoms with E-state index >= 15 is 0 Å². The fraction of sp³-hybridized carbons (Fsp3) is 0.462. The number of hydrogen-bond acceptors (Lipinski definition) is 2. The van der Waals surface area contributed by atoms with Gasteiger partial charge in [0.25, 0.3) is 0 Å². The van der Waals surface area contributed by atoms with Gasteiger partial charge in [-0.15, -0.1) is 23.2 Å². The van der Waals surface area contributed by atoms with E-state index in [0.29, 0.717) is 11.8 Å². The van der Waals surface area contributed by atoms with Crippen molar-refractivity contribution >= 4 is 35.1 Å². The maximum atomic E-state index is 5.73.